The Labute approximate surface area is 125 Å². The van der Waals surface area contributed by atoms with Crippen molar-refractivity contribution in [2.24, 2.45) is 5.92 Å². The van der Waals surface area contributed by atoms with Gasteiger partial charge in [0.15, 0.2) is 0 Å². The number of aromatic nitrogens is 2. The number of nitrogens with zero attached hydrogens (tertiary/aromatic N) is 3. The molecule has 0 aliphatic carbocycles. The van der Waals surface area contributed by atoms with Crippen molar-refractivity contribution >= 4 is 5.69 Å². The summed E-state index contributed by atoms with van der Waals surface area (Å²) < 4.78 is 5.27. The second-order valence-electron chi connectivity index (χ2n) is 5.90. The number of piperidine rings is 1. The first-order chi connectivity index (χ1) is 10.2. The molecule has 1 aliphatic heterocycles. The van der Waals surface area contributed by atoms with Crippen molar-refractivity contribution in [3.05, 3.63) is 30.2 Å². The van der Waals surface area contributed by atoms with Crippen LogP contribution in [0.15, 0.2) is 29.0 Å². The van der Waals surface area contributed by atoms with Gasteiger partial charge in [0.2, 0.25) is 12.3 Å². The van der Waals surface area contributed by atoms with E-state index in [4.69, 9.17) is 4.42 Å². The minimum Gasteiger partial charge on any atom is -0.423 e. The van der Waals surface area contributed by atoms with Crippen LogP contribution in [0.1, 0.15) is 18.4 Å². The zero-order valence-corrected chi connectivity index (χ0v) is 12.7. The molecule has 0 atom stereocenters. The molecule has 1 aliphatic rings. The molecule has 2 heterocycles. The number of benzene rings is 1. The molecule has 5 nitrogen and oxygen atoms in total. The van der Waals surface area contributed by atoms with Crippen molar-refractivity contribution in [2.75, 3.05) is 32.0 Å². The molecule has 112 valence electrons. The van der Waals surface area contributed by atoms with Gasteiger partial charge in [-0.25, -0.2) is 0 Å². The summed E-state index contributed by atoms with van der Waals surface area (Å²) in [6.45, 7) is 5.55. The van der Waals surface area contributed by atoms with E-state index in [1.807, 2.05) is 6.07 Å². The maximum atomic E-state index is 5.27. The maximum absolute atomic E-state index is 5.27. The van der Waals surface area contributed by atoms with Crippen LogP contribution in [0.3, 0.4) is 0 Å². The lowest BCUT2D eigenvalue weighted by Crippen LogP contribution is -2.33. The topological polar surface area (TPSA) is 54.2 Å². The van der Waals surface area contributed by atoms with Gasteiger partial charge in [0, 0.05) is 17.8 Å². The van der Waals surface area contributed by atoms with Crippen molar-refractivity contribution in [3.8, 4) is 11.5 Å². The molecule has 0 unspecified atom stereocenters. The van der Waals surface area contributed by atoms with Gasteiger partial charge in [-0.15, -0.1) is 10.2 Å². The molecular formula is C16H22N4O. The molecule has 1 aromatic heterocycles. The summed E-state index contributed by atoms with van der Waals surface area (Å²) in [4.78, 5) is 2.40. The molecular weight excluding hydrogens is 264 g/mol. The fourth-order valence-corrected chi connectivity index (χ4v) is 2.76. The van der Waals surface area contributed by atoms with Gasteiger partial charge in [-0.2, -0.15) is 0 Å². The molecule has 5 heteroatoms. The van der Waals surface area contributed by atoms with Crippen LogP contribution < -0.4 is 5.32 Å². The molecule has 1 fully saturated rings. The third-order valence-corrected chi connectivity index (χ3v) is 4.26. The lowest BCUT2D eigenvalue weighted by molar-refractivity contribution is 0.226. The Kier molecular flexibility index (Phi) is 4.20. The van der Waals surface area contributed by atoms with Gasteiger partial charge in [-0.05, 0) is 63.5 Å². The summed E-state index contributed by atoms with van der Waals surface area (Å²) in [5.41, 5.74) is 3.36. The van der Waals surface area contributed by atoms with Crippen LogP contribution in [0.25, 0.3) is 11.5 Å². The Morgan fingerprint density at radius 3 is 2.86 bits per heavy atom. The lowest BCUT2D eigenvalue weighted by atomic mass is 9.97. The van der Waals surface area contributed by atoms with Crippen molar-refractivity contribution in [1.29, 1.82) is 0 Å². The van der Waals surface area contributed by atoms with E-state index in [0.717, 1.165) is 23.7 Å². The Morgan fingerprint density at radius 2 is 2.14 bits per heavy atom. The van der Waals surface area contributed by atoms with E-state index >= 15 is 0 Å². The van der Waals surface area contributed by atoms with E-state index in [1.165, 1.54) is 37.9 Å². The summed E-state index contributed by atoms with van der Waals surface area (Å²) in [5.74, 6) is 1.32. The van der Waals surface area contributed by atoms with Crippen LogP contribution in [0, 0.1) is 12.8 Å². The summed E-state index contributed by atoms with van der Waals surface area (Å²) >= 11 is 0. The first-order valence-electron chi connectivity index (χ1n) is 7.52. The molecule has 1 saturated heterocycles. The number of hydrogen-bond donors (Lipinski definition) is 1. The largest absolute Gasteiger partial charge is 0.423 e. The number of hydrogen-bond acceptors (Lipinski definition) is 5. The smallest absolute Gasteiger partial charge is 0.247 e. The quantitative estimate of drug-likeness (QED) is 0.936. The molecule has 0 amide bonds. The monoisotopic (exact) mass is 286 g/mol. The molecule has 3 rings (SSSR count). The van der Waals surface area contributed by atoms with E-state index in [9.17, 15) is 0 Å². The summed E-state index contributed by atoms with van der Waals surface area (Å²) in [7, 11) is 2.20. The van der Waals surface area contributed by atoms with Crippen LogP contribution >= 0.6 is 0 Å². The predicted octanol–water partition coefficient (Wildman–Crippen LogP) is 2.80. The zero-order valence-electron chi connectivity index (χ0n) is 12.7. The highest BCUT2D eigenvalue weighted by molar-refractivity contribution is 5.64. The number of anilines is 1. The highest BCUT2D eigenvalue weighted by Crippen LogP contribution is 2.25. The van der Waals surface area contributed by atoms with Crippen LogP contribution in [0.5, 0.6) is 0 Å². The SMILES string of the molecule is Cc1ccc(-c2nnco2)cc1NCC1CCN(C)CC1. The maximum Gasteiger partial charge on any atom is 0.247 e. The third-order valence-electron chi connectivity index (χ3n) is 4.26. The van der Waals surface area contributed by atoms with Gasteiger partial charge >= 0.3 is 0 Å². The van der Waals surface area contributed by atoms with Gasteiger partial charge in [0.25, 0.3) is 0 Å². The predicted molar refractivity (Wildman–Crippen MR) is 83.2 cm³/mol. The van der Waals surface area contributed by atoms with Crippen molar-refractivity contribution in [1.82, 2.24) is 15.1 Å². The molecule has 0 bridgehead atoms. The van der Waals surface area contributed by atoms with Crippen molar-refractivity contribution in [2.45, 2.75) is 19.8 Å². The first kappa shape index (κ1) is 14.1. The summed E-state index contributed by atoms with van der Waals surface area (Å²) in [5, 5.41) is 11.3. The number of rotatable bonds is 4. The molecule has 0 radical (unpaired) electrons. The standard InChI is InChI=1S/C16H22N4O/c1-12-3-4-14(16-19-18-11-21-16)9-15(12)17-10-13-5-7-20(2)8-6-13/h3-4,9,11,13,17H,5-8,10H2,1-2H3. The van der Waals surface area contributed by atoms with Crippen LogP contribution in [-0.2, 0) is 0 Å². The van der Waals surface area contributed by atoms with Crippen LogP contribution in [-0.4, -0.2) is 41.8 Å². The molecule has 1 N–H and O–H groups in total. The average Bonchev–Trinajstić information content (AvgIpc) is 3.02. The number of nitrogens with one attached hydrogen (secondary N) is 1. The summed E-state index contributed by atoms with van der Waals surface area (Å²) in [6.07, 6.45) is 3.90. The van der Waals surface area contributed by atoms with Crippen molar-refractivity contribution in [3.63, 3.8) is 0 Å². The first-order valence-corrected chi connectivity index (χ1v) is 7.52. The van der Waals surface area contributed by atoms with Gasteiger partial charge in [-0.3, -0.25) is 0 Å². The van der Waals surface area contributed by atoms with E-state index in [1.54, 1.807) is 0 Å². The number of aryl methyl sites for hydroxylation is 1. The zero-order chi connectivity index (χ0) is 14.7. The van der Waals surface area contributed by atoms with Gasteiger partial charge in [-0.1, -0.05) is 6.07 Å². The second-order valence-corrected chi connectivity index (χ2v) is 5.90. The molecule has 21 heavy (non-hydrogen) atoms. The molecule has 0 spiro atoms. The highest BCUT2D eigenvalue weighted by Gasteiger charge is 2.16. The van der Waals surface area contributed by atoms with Gasteiger partial charge in [0.05, 0.1) is 0 Å². The Morgan fingerprint density at radius 1 is 1.33 bits per heavy atom. The molecule has 2 aromatic rings. The molecule has 1 aromatic carbocycles. The van der Waals surface area contributed by atoms with E-state index in [0.29, 0.717) is 5.89 Å². The van der Waals surface area contributed by atoms with E-state index < -0.39 is 0 Å². The fraction of sp³-hybridized carbons (Fsp3) is 0.500. The van der Waals surface area contributed by atoms with Crippen LogP contribution in [0.4, 0.5) is 5.69 Å². The van der Waals surface area contributed by atoms with Crippen LogP contribution in [0.2, 0.25) is 0 Å². The molecule has 0 saturated carbocycles. The Hall–Kier alpha value is -1.88. The third kappa shape index (κ3) is 3.42. The fourth-order valence-electron chi connectivity index (χ4n) is 2.76. The number of likely N-dealkylation sites (tertiary alicyclic amines) is 1. The Balaban J connectivity index is 1.66. The van der Waals surface area contributed by atoms with E-state index in [-0.39, 0.29) is 0 Å². The van der Waals surface area contributed by atoms with Crippen molar-refractivity contribution < 1.29 is 4.42 Å². The van der Waals surface area contributed by atoms with Gasteiger partial charge < -0.3 is 14.6 Å². The second kappa shape index (κ2) is 6.26. The Bertz CT molecular complexity index is 574. The minimum atomic E-state index is 0.567. The normalized spacial score (nSPS) is 17.0. The highest BCUT2D eigenvalue weighted by atomic mass is 16.4. The van der Waals surface area contributed by atoms with E-state index in [2.05, 4.69) is 46.5 Å². The minimum absolute atomic E-state index is 0.567. The average molecular weight is 286 g/mol. The lowest BCUT2D eigenvalue weighted by Gasteiger charge is -2.29. The summed E-state index contributed by atoms with van der Waals surface area (Å²) in [6, 6.07) is 6.21. The van der Waals surface area contributed by atoms with Gasteiger partial charge in [0.1, 0.15) is 0 Å².